The number of hydrogen-bond donors (Lipinski definition) is 1. The monoisotopic (exact) mass is 645 g/mol. The van der Waals surface area contributed by atoms with Crippen LogP contribution in [0.25, 0.3) is 0 Å². The summed E-state index contributed by atoms with van der Waals surface area (Å²) in [4.78, 5) is 10.4. The van der Waals surface area contributed by atoms with Gasteiger partial charge in [-0.2, -0.15) is 0 Å². The predicted octanol–water partition coefficient (Wildman–Crippen LogP) is 13.0. The lowest BCUT2D eigenvalue weighted by Gasteiger charge is -2.35. The van der Waals surface area contributed by atoms with Crippen LogP contribution in [0.5, 0.6) is 0 Å². The minimum atomic E-state index is -0.497. The van der Waals surface area contributed by atoms with Crippen molar-refractivity contribution in [2.75, 3.05) is 0 Å². The van der Waals surface area contributed by atoms with Crippen molar-refractivity contribution >= 4 is 6.29 Å². The Morgan fingerprint density at radius 2 is 1.68 bits per heavy atom. The Balaban J connectivity index is 0.000000245. The van der Waals surface area contributed by atoms with Crippen LogP contribution >= 0.6 is 0 Å². The molecule has 2 heteroatoms. The van der Waals surface area contributed by atoms with E-state index in [0.29, 0.717) is 16.7 Å². The van der Waals surface area contributed by atoms with Gasteiger partial charge in [0.25, 0.3) is 0 Å². The predicted molar refractivity (Wildman–Crippen MR) is 206 cm³/mol. The van der Waals surface area contributed by atoms with Crippen LogP contribution in [0, 0.1) is 34.5 Å². The Labute approximate surface area is 291 Å². The number of aliphatic hydroxyl groups is 1. The highest BCUT2D eigenvalue weighted by Crippen LogP contribution is 2.70. The van der Waals surface area contributed by atoms with E-state index in [1.165, 1.54) is 54.4 Å². The van der Waals surface area contributed by atoms with Crippen LogP contribution in [0.1, 0.15) is 153 Å². The van der Waals surface area contributed by atoms with Gasteiger partial charge in [-0.1, -0.05) is 105 Å². The second kappa shape index (κ2) is 18.5. The highest BCUT2D eigenvalue weighted by molar-refractivity contribution is 5.71. The Kier molecular flexibility index (Phi) is 16.2. The van der Waals surface area contributed by atoms with E-state index >= 15 is 0 Å². The van der Waals surface area contributed by atoms with Crippen LogP contribution in [0.2, 0.25) is 0 Å². The largest absolute Gasteiger partial charge is 0.390 e. The molecule has 0 saturated heterocycles. The van der Waals surface area contributed by atoms with Crippen molar-refractivity contribution in [3.63, 3.8) is 0 Å². The molecule has 0 amide bonds. The minimum Gasteiger partial charge on any atom is -0.390 e. The molecule has 47 heavy (non-hydrogen) atoms. The minimum absolute atomic E-state index is 0.446. The lowest BCUT2D eigenvalue weighted by Crippen LogP contribution is -2.35. The third-order valence-electron chi connectivity index (χ3n) is 12.2. The molecule has 0 heterocycles. The van der Waals surface area contributed by atoms with Crippen LogP contribution < -0.4 is 0 Å². The van der Waals surface area contributed by atoms with E-state index in [-0.39, 0.29) is 0 Å². The van der Waals surface area contributed by atoms with Gasteiger partial charge in [0.2, 0.25) is 0 Å². The topological polar surface area (TPSA) is 37.3 Å². The highest BCUT2D eigenvalue weighted by Gasteiger charge is 2.61. The number of allylic oxidation sites excluding steroid dienone is 12. The summed E-state index contributed by atoms with van der Waals surface area (Å²) < 4.78 is 0. The second-order valence-electron chi connectivity index (χ2n) is 16.8. The molecule has 264 valence electrons. The van der Waals surface area contributed by atoms with E-state index < -0.39 is 5.60 Å². The lowest BCUT2D eigenvalue weighted by molar-refractivity contribution is -0.104. The number of carbonyl (C=O) groups is 1. The van der Waals surface area contributed by atoms with Crippen molar-refractivity contribution < 1.29 is 9.90 Å². The van der Waals surface area contributed by atoms with Gasteiger partial charge in [-0.15, -0.1) is 0 Å². The Bertz CT molecular complexity index is 1210. The zero-order chi connectivity index (χ0) is 35.4. The SMILES string of the molecule is C=C/C(C)=C/C/C=C(\C)CC/C=C(\C)C=O.C=C1C2CCC3C2C(C)(C)CCCC13C.CC(C)=CCCC(C)(O)C1CC=C(C)CC1. The molecule has 4 aliphatic carbocycles. The van der Waals surface area contributed by atoms with Crippen LogP contribution in [0.15, 0.2) is 83.1 Å². The van der Waals surface area contributed by atoms with Crippen LogP contribution in [0.3, 0.4) is 0 Å². The van der Waals surface area contributed by atoms with E-state index in [2.05, 4.69) is 85.9 Å². The summed E-state index contributed by atoms with van der Waals surface area (Å²) in [5.41, 5.74) is 8.43. The van der Waals surface area contributed by atoms with Crippen molar-refractivity contribution in [1.82, 2.24) is 0 Å². The van der Waals surface area contributed by atoms with Crippen molar-refractivity contribution in [2.24, 2.45) is 34.5 Å². The molecule has 0 aromatic heterocycles. The van der Waals surface area contributed by atoms with Gasteiger partial charge in [-0.3, -0.25) is 4.79 Å². The van der Waals surface area contributed by atoms with Gasteiger partial charge < -0.3 is 5.11 Å². The molecule has 0 aliphatic heterocycles. The third-order valence-corrected chi connectivity index (χ3v) is 12.2. The van der Waals surface area contributed by atoms with Gasteiger partial charge in [-0.05, 0) is 166 Å². The molecule has 6 atom stereocenters. The molecule has 4 rings (SSSR count). The van der Waals surface area contributed by atoms with E-state index in [0.717, 1.165) is 81.0 Å². The van der Waals surface area contributed by atoms with Crippen molar-refractivity contribution in [3.8, 4) is 0 Å². The highest BCUT2D eigenvalue weighted by atomic mass is 16.3. The molecule has 4 aliphatic rings. The first-order valence-corrected chi connectivity index (χ1v) is 18.8. The van der Waals surface area contributed by atoms with E-state index in [9.17, 15) is 9.90 Å². The van der Waals surface area contributed by atoms with Gasteiger partial charge in [-0.25, -0.2) is 0 Å². The third kappa shape index (κ3) is 12.0. The summed E-state index contributed by atoms with van der Waals surface area (Å²) >= 11 is 0. The summed E-state index contributed by atoms with van der Waals surface area (Å²) in [5, 5.41) is 10.5. The molecule has 0 aromatic carbocycles. The quantitative estimate of drug-likeness (QED) is 0.105. The van der Waals surface area contributed by atoms with Crippen LogP contribution in [-0.4, -0.2) is 17.0 Å². The smallest absolute Gasteiger partial charge is 0.145 e. The van der Waals surface area contributed by atoms with Gasteiger partial charge >= 0.3 is 0 Å². The Morgan fingerprint density at radius 1 is 0.979 bits per heavy atom. The molecule has 4 bridgehead atoms. The van der Waals surface area contributed by atoms with Gasteiger partial charge in [0.05, 0.1) is 5.60 Å². The fraction of sp³-hybridized carbons (Fsp3) is 0.667. The van der Waals surface area contributed by atoms with E-state index in [1.54, 1.807) is 5.57 Å². The number of aldehydes is 1. The maximum absolute atomic E-state index is 10.5. The van der Waals surface area contributed by atoms with Crippen molar-refractivity contribution in [3.05, 3.63) is 83.1 Å². The summed E-state index contributed by atoms with van der Waals surface area (Å²) in [7, 11) is 0. The van der Waals surface area contributed by atoms with Crippen molar-refractivity contribution in [1.29, 1.82) is 0 Å². The van der Waals surface area contributed by atoms with Gasteiger partial charge in [0, 0.05) is 0 Å². The van der Waals surface area contributed by atoms with E-state index in [1.807, 2.05) is 32.9 Å². The molecule has 0 radical (unpaired) electrons. The fourth-order valence-electron chi connectivity index (χ4n) is 8.87. The summed E-state index contributed by atoms with van der Waals surface area (Å²) in [6.45, 7) is 30.1. The number of carbonyl (C=O) groups excluding carboxylic acids is 1. The number of hydrogen-bond acceptors (Lipinski definition) is 2. The first-order chi connectivity index (χ1) is 22.0. The fourth-order valence-corrected chi connectivity index (χ4v) is 8.87. The first kappa shape index (κ1) is 41.0. The molecule has 3 saturated carbocycles. The van der Waals surface area contributed by atoms with Crippen LogP contribution in [0.4, 0.5) is 0 Å². The van der Waals surface area contributed by atoms with Crippen LogP contribution in [-0.2, 0) is 4.79 Å². The van der Waals surface area contributed by atoms with Gasteiger partial charge in [0.15, 0.2) is 0 Å². The van der Waals surface area contributed by atoms with Gasteiger partial charge in [0.1, 0.15) is 6.29 Å². The zero-order valence-electron chi connectivity index (χ0n) is 32.3. The zero-order valence-corrected chi connectivity index (χ0v) is 32.3. The molecular weight excluding hydrogens is 572 g/mol. The first-order valence-electron chi connectivity index (χ1n) is 18.8. The average Bonchev–Trinajstić information content (AvgIpc) is 3.52. The molecule has 0 spiro atoms. The normalized spacial score (nSPS) is 29.6. The second-order valence-corrected chi connectivity index (χ2v) is 16.8. The molecule has 0 aromatic rings. The average molecular weight is 645 g/mol. The summed E-state index contributed by atoms with van der Waals surface area (Å²) in [6.07, 6.45) is 29.0. The van der Waals surface area contributed by atoms with E-state index in [4.69, 9.17) is 0 Å². The Morgan fingerprint density at radius 3 is 2.28 bits per heavy atom. The van der Waals surface area contributed by atoms with Crippen molar-refractivity contribution in [2.45, 2.75) is 158 Å². The standard InChI is InChI=1S/C15H26O.C15H22O.C15H24/c1-12(2)6-5-11-15(4,16)14-9-7-13(3)8-10-14;1-5-13(2)8-6-9-14(3)10-7-11-15(4)12-16;1-10-11-6-7-12-13(11)14(2,3)8-5-9-15(10,12)4/h6-7,14,16H,5,8-11H2,1-4H3;5,8-9,11-12H,1,6-7,10H2,2-4H3;11-13H,1,5-9H2,2-4H3/b;13-8+,14-9+,15-11+;. The Hall–Kier alpha value is -2.19. The molecule has 1 N–H and O–H groups in total. The molecule has 3 fully saturated rings. The summed E-state index contributed by atoms with van der Waals surface area (Å²) in [6, 6.07) is 0. The molecule has 2 nitrogen and oxygen atoms in total. The maximum atomic E-state index is 10.5. The molecule has 6 unspecified atom stereocenters. The maximum Gasteiger partial charge on any atom is 0.145 e. The molecular formula is C45H72O2. The lowest BCUT2D eigenvalue weighted by atomic mass is 9.69. The number of rotatable bonds is 11. The summed E-state index contributed by atoms with van der Waals surface area (Å²) in [5.74, 6) is 3.24.